The molecule has 1 unspecified atom stereocenters. The van der Waals surface area contributed by atoms with Crippen molar-refractivity contribution >= 4 is 35.6 Å². The Bertz CT molecular complexity index is 609. The van der Waals surface area contributed by atoms with Gasteiger partial charge in [0.15, 0.2) is 5.96 Å². The van der Waals surface area contributed by atoms with Gasteiger partial charge in [0, 0.05) is 70.6 Å². The van der Waals surface area contributed by atoms with E-state index in [1.807, 2.05) is 7.05 Å². The van der Waals surface area contributed by atoms with Crippen LogP contribution in [0.3, 0.4) is 0 Å². The molecule has 3 rings (SSSR count). The third kappa shape index (κ3) is 7.57. The van der Waals surface area contributed by atoms with Crippen LogP contribution in [0.25, 0.3) is 0 Å². The van der Waals surface area contributed by atoms with Crippen LogP contribution in [0, 0.1) is 0 Å². The first kappa shape index (κ1) is 25.2. The van der Waals surface area contributed by atoms with Crippen LogP contribution in [0.4, 0.5) is 5.69 Å². The second-order valence-electron chi connectivity index (χ2n) is 8.42. The number of halogens is 1. The first-order valence-electron chi connectivity index (χ1n) is 11.4. The van der Waals surface area contributed by atoms with Gasteiger partial charge in [-0.1, -0.05) is 25.1 Å². The number of likely N-dealkylation sites (tertiary alicyclic amines) is 1. The average Bonchev–Trinajstić information content (AvgIpc) is 2.78. The van der Waals surface area contributed by atoms with Gasteiger partial charge >= 0.3 is 0 Å². The molecular formula is C23H41IN6. The molecule has 2 aliphatic rings. The summed E-state index contributed by atoms with van der Waals surface area (Å²) in [4.78, 5) is 12.1. The van der Waals surface area contributed by atoms with Crippen LogP contribution in [0.1, 0.15) is 33.1 Å². The Morgan fingerprint density at radius 1 is 1.07 bits per heavy atom. The van der Waals surface area contributed by atoms with Gasteiger partial charge in [0.2, 0.25) is 0 Å². The van der Waals surface area contributed by atoms with Gasteiger partial charge in [-0.05, 0) is 44.9 Å². The lowest BCUT2D eigenvalue weighted by Gasteiger charge is -2.39. The summed E-state index contributed by atoms with van der Waals surface area (Å²) in [5.74, 6) is 0.953. The maximum Gasteiger partial charge on any atom is 0.191 e. The van der Waals surface area contributed by atoms with E-state index in [1.54, 1.807) is 0 Å². The van der Waals surface area contributed by atoms with Gasteiger partial charge in [0.05, 0.1) is 0 Å². The van der Waals surface area contributed by atoms with Gasteiger partial charge in [-0.15, -0.1) is 24.0 Å². The molecule has 2 saturated heterocycles. The predicted octanol–water partition coefficient (Wildman–Crippen LogP) is 2.85. The summed E-state index contributed by atoms with van der Waals surface area (Å²) >= 11 is 0. The summed E-state index contributed by atoms with van der Waals surface area (Å²) in [5, 5.41) is 7.20. The van der Waals surface area contributed by atoms with Crippen LogP contribution in [-0.4, -0.2) is 87.2 Å². The molecule has 7 heteroatoms. The first-order chi connectivity index (χ1) is 14.2. The Kier molecular flexibility index (Phi) is 11.2. The molecule has 2 aliphatic heterocycles. The molecule has 0 saturated carbocycles. The standard InChI is InChI=1S/C23H40N6.HI/c1-4-12-27-13-10-21(11-14-27)26-23(24-3)25-19-20(2)28-15-17-29(18-16-28)22-8-6-5-7-9-22;/h5-9,20-21H,4,10-19H2,1-3H3,(H2,24,25,26);1H. The highest BCUT2D eigenvalue weighted by Crippen LogP contribution is 2.16. The zero-order valence-corrected chi connectivity index (χ0v) is 21.3. The molecule has 2 N–H and O–H groups in total. The fourth-order valence-electron chi connectivity index (χ4n) is 4.44. The Hall–Kier alpha value is -1.06. The Balaban J connectivity index is 0.00000320. The van der Waals surface area contributed by atoms with Crippen molar-refractivity contribution in [3.63, 3.8) is 0 Å². The lowest BCUT2D eigenvalue weighted by molar-refractivity contribution is 0.196. The number of benzene rings is 1. The number of piperazine rings is 1. The third-order valence-corrected chi connectivity index (χ3v) is 6.32. The molecule has 30 heavy (non-hydrogen) atoms. The van der Waals surface area contributed by atoms with E-state index in [0.29, 0.717) is 12.1 Å². The molecule has 1 atom stereocenters. The maximum absolute atomic E-state index is 4.46. The van der Waals surface area contributed by atoms with Gasteiger partial charge in [0.25, 0.3) is 0 Å². The lowest BCUT2D eigenvalue weighted by Crippen LogP contribution is -2.54. The average molecular weight is 529 g/mol. The van der Waals surface area contributed by atoms with E-state index in [4.69, 9.17) is 0 Å². The van der Waals surface area contributed by atoms with Crippen LogP contribution in [0.5, 0.6) is 0 Å². The van der Waals surface area contributed by atoms with E-state index in [0.717, 1.165) is 38.7 Å². The van der Waals surface area contributed by atoms with E-state index < -0.39 is 0 Å². The van der Waals surface area contributed by atoms with Crippen molar-refractivity contribution in [2.75, 3.05) is 64.3 Å². The zero-order chi connectivity index (χ0) is 20.5. The summed E-state index contributed by atoms with van der Waals surface area (Å²) in [6.07, 6.45) is 3.66. The quantitative estimate of drug-likeness (QED) is 0.324. The summed E-state index contributed by atoms with van der Waals surface area (Å²) in [6, 6.07) is 11.8. The molecule has 1 aromatic carbocycles. The highest BCUT2D eigenvalue weighted by Gasteiger charge is 2.22. The van der Waals surface area contributed by atoms with Crippen molar-refractivity contribution in [2.24, 2.45) is 4.99 Å². The number of nitrogens with one attached hydrogen (secondary N) is 2. The number of aliphatic imine (C=N–C) groups is 1. The Morgan fingerprint density at radius 2 is 1.73 bits per heavy atom. The number of nitrogens with zero attached hydrogens (tertiary/aromatic N) is 4. The summed E-state index contributed by atoms with van der Waals surface area (Å²) in [5.41, 5.74) is 1.34. The van der Waals surface area contributed by atoms with Gasteiger partial charge in [-0.2, -0.15) is 0 Å². The minimum atomic E-state index is 0. The SMILES string of the molecule is CCCN1CCC(NC(=NC)NCC(C)N2CCN(c3ccccc3)CC2)CC1.I. The Labute approximate surface area is 200 Å². The monoisotopic (exact) mass is 528 g/mol. The van der Waals surface area contributed by atoms with Crippen molar-refractivity contribution < 1.29 is 0 Å². The number of hydrogen-bond donors (Lipinski definition) is 2. The van der Waals surface area contributed by atoms with Crippen LogP contribution >= 0.6 is 24.0 Å². The smallest absolute Gasteiger partial charge is 0.191 e. The molecule has 0 aromatic heterocycles. The molecular weight excluding hydrogens is 487 g/mol. The van der Waals surface area contributed by atoms with E-state index in [9.17, 15) is 0 Å². The van der Waals surface area contributed by atoms with Crippen LogP contribution < -0.4 is 15.5 Å². The number of rotatable bonds is 7. The van der Waals surface area contributed by atoms with Crippen molar-refractivity contribution in [3.8, 4) is 0 Å². The third-order valence-electron chi connectivity index (χ3n) is 6.32. The minimum Gasteiger partial charge on any atom is -0.369 e. The summed E-state index contributed by atoms with van der Waals surface area (Å²) < 4.78 is 0. The van der Waals surface area contributed by atoms with Crippen molar-refractivity contribution in [1.29, 1.82) is 0 Å². The van der Waals surface area contributed by atoms with Crippen molar-refractivity contribution in [3.05, 3.63) is 30.3 Å². The van der Waals surface area contributed by atoms with E-state index in [1.165, 1.54) is 44.6 Å². The molecule has 1 aromatic rings. The minimum absolute atomic E-state index is 0. The molecule has 2 fully saturated rings. The molecule has 2 heterocycles. The van der Waals surface area contributed by atoms with E-state index in [2.05, 4.69) is 74.5 Å². The molecule has 0 aliphatic carbocycles. The second kappa shape index (κ2) is 13.4. The van der Waals surface area contributed by atoms with Crippen molar-refractivity contribution in [2.45, 2.75) is 45.2 Å². The fourth-order valence-corrected chi connectivity index (χ4v) is 4.44. The molecule has 6 nitrogen and oxygen atoms in total. The van der Waals surface area contributed by atoms with Gasteiger partial charge < -0.3 is 20.4 Å². The number of guanidine groups is 1. The topological polar surface area (TPSA) is 46.1 Å². The number of anilines is 1. The van der Waals surface area contributed by atoms with Crippen LogP contribution in [0.15, 0.2) is 35.3 Å². The zero-order valence-electron chi connectivity index (χ0n) is 19.0. The van der Waals surface area contributed by atoms with Crippen LogP contribution in [-0.2, 0) is 0 Å². The molecule has 0 radical (unpaired) electrons. The molecule has 170 valence electrons. The maximum atomic E-state index is 4.46. The number of piperidine rings is 1. The highest BCUT2D eigenvalue weighted by atomic mass is 127. The fraction of sp³-hybridized carbons (Fsp3) is 0.696. The van der Waals surface area contributed by atoms with Crippen LogP contribution in [0.2, 0.25) is 0 Å². The number of hydrogen-bond acceptors (Lipinski definition) is 4. The van der Waals surface area contributed by atoms with E-state index in [-0.39, 0.29) is 24.0 Å². The molecule has 0 spiro atoms. The summed E-state index contributed by atoms with van der Waals surface area (Å²) in [7, 11) is 1.88. The molecule has 0 bridgehead atoms. The lowest BCUT2D eigenvalue weighted by atomic mass is 10.1. The molecule has 0 amide bonds. The largest absolute Gasteiger partial charge is 0.369 e. The normalized spacial score (nSPS) is 20.5. The van der Waals surface area contributed by atoms with Gasteiger partial charge in [0.1, 0.15) is 0 Å². The first-order valence-corrected chi connectivity index (χ1v) is 11.4. The van der Waals surface area contributed by atoms with E-state index >= 15 is 0 Å². The van der Waals surface area contributed by atoms with Gasteiger partial charge in [-0.3, -0.25) is 9.89 Å². The van der Waals surface area contributed by atoms with Gasteiger partial charge in [-0.25, -0.2) is 0 Å². The number of para-hydroxylation sites is 1. The second-order valence-corrected chi connectivity index (χ2v) is 8.42. The summed E-state index contributed by atoms with van der Waals surface area (Å²) in [6.45, 7) is 13.6. The highest BCUT2D eigenvalue weighted by molar-refractivity contribution is 14.0. The Morgan fingerprint density at radius 3 is 2.33 bits per heavy atom. The van der Waals surface area contributed by atoms with Crippen molar-refractivity contribution in [1.82, 2.24) is 20.4 Å². The predicted molar refractivity (Wildman–Crippen MR) is 139 cm³/mol.